The number of piperidine rings is 1. The fourth-order valence-electron chi connectivity index (χ4n) is 4.80. The Labute approximate surface area is 154 Å². The van der Waals surface area contributed by atoms with Crippen molar-refractivity contribution in [1.29, 1.82) is 0 Å². The van der Waals surface area contributed by atoms with Crippen molar-refractivity contribution in [3.63, 3.8) is 0 Å². The number of fused-ring (bicyclic) bond motifs is 1. The van der Waals surface area contributed by atoms with Gasteiger partial charge in [-0.05, 0) is 50.2 Å². The number of hydrazine groups is 1. The lowest BCUT2D eigenvalue weighted by Crippen LogP contribution is -2.52. The maximum atomic E-state index is 13.9. The van der Waals surface area contributed by atoms with Gasteiger partial charge in [-0.1, -0.05) is 19.1 Å². The second kappa shape index (κ2) is 7.53. The van der Waals surface area contributed by atoms with E-state index < -0.39 is 0 Å². The number of benzene rings is 1. The molecule has 0 bridgehead atoms. The van der Waals surface area contributed by atoms with Crippen molar-refractivity contribution in [3.8, 4) is 0 Å². The lowest BCUT2D eigenvalue weighted by molar-refractivity contribution is -0.124. The summed E-state index contributed by atoms with van der Waals surface area (Å²) < 4.78 is 13.9. The monoisotopic (exact) mass is 360 g/mol. The number of nitrogens with zero attached hydrogens (tertiary/aromatic N) is 1. The predicted octanol–water partition coefficient (Wildman–Crippen LogP) is 2.19. The Morgan fingerprint density at radius 1 is 1.15 bits per heavy atom. The zero-order valence-electron chi connectivity index (χ0n) is 15.4. The van der Waals surface area contributed by atoms with Gasteiger partial charge in [0.2, 0.25) is 5.91 Å². The number of hydrogen-bond acceptors (Lipinski definition) is 4. The first kappa shape index (κ1) is 17.7. The van der Waals surface area contributed by atoms with Crippen molar-refractivity contribution < 1.29 is 9.18 Å². The van der Waals surface area contributed by atoms with Crippen LogP contribution in [0.4, 0.5) is 10.1 Å². The molecule has 2 aliphatic heterocycles. The standard InChI is InChI=1S/C20H29FN4O/c1-13-6-7-17-15(12-13)19(24-23-17)20(26)22-14-8-10-25(11-9-14)18-5-3-2-4-16(18)21/h2-5,13-15,17,19,23-24H,6-12H2,1H3,(H,22,26). The van der Waals surface area contributed by atoms with Crippen molar-refractivity contribution in [2.75, 3.05) is 18.0 Å². The van der Waals surface area contributed by atoms with Gasteiger partial charge in [0.05, 0.1) is 5.69 Å². The average molecular weight is 360 g/mol. The molecule has 2 heterocycles. The van der Waals surface area contributed by atoms with Gasteiger partial charge in [-0.15, -0.1) is 0 Å². The molecule has 0 aromatic heterocycles. The Kier molecular flexibility index (Phi) is 5.14. The van der Waals surface area contributed by atoms with Gasteiger partial charge in [0.25, 0.3) is 0 Å². The first-order valence-electron chi connectivity index (χ1n) is 9.92. The van der Waals surface area contributed by atoms with Crippen LogP contribution in [-0.2, 0) is 4.79 Å². The molecule has 2 saturated heterocycles. The predicted molar refractivity (Wildman–Crippen MR) is 100 cm³/mol. The molecule has 3 N–H and O–H groups in total. The molecule has 1 saturated carbocycles. The molecular weight excluding hydrogens is 331 g/mol. The summed E-state index contributed by atoms with van der Waals surface area (Å²) in [7, 11) is 0. The molecule has 3 aliphatic rings. The number of rotatable bonds is 3. The Morgan fingerprint density at radius 2 is 1.92 bits per heavy atom. The molecule has 4 atom stereocenters. The third kappa shape index (κ3) is 3.58. The van der Waals surface area contributed by atoms with Crippen LogP contribution in [0.3, 0.4) is 0 Å². The van der Waals surface area contributed by atoms with E-state index in [9.17, 15) is 9.18 Å². The smallest absolute Gasteiger partial charge is 0.239 e. The molecule has 1 aliphatic carbocycles. The van der Waals surface area contributed by atoms with Crippen LogP contribution in [0.15, 0.2) is 24.3 Å². The fraction of sp³-hybridized carbons (Fsp3) is 0.650. The lowest BCUT2D eigenvalue weighted by atomic mass is 9.76. The molecule has 4 unspecified atom stereocenters. The van der Waals surface area contributed by atoms with Crippen molar-refractivity contribution in [3.05, 3.63) is 30.1 Å². The van der Waals surface area contributed by atoms with Crippen molar-refractivity contribution in [2.24, 2.45) is 11.8 Å². The number of amides is 1. The quantitative estimate of drug-likeness (QED) is 0.773. The van der Waals surface area contributed by atoms with Crippen LogP contribution < -0.4 is 21.1 Å². The van der Waals surface area contributed by atoms with Gasteiger partial charge >= 0.3 is 0 Å². The van der Waals surface area contributed by atoms with Gasteiger partial charge in [0, 0.05) is 31.1 Å². The molecular formula is C20H29FN4O. The Balaban J connectivity index is 1.30. The number of hydrogen-bond donors (Lipinski definition) is 3. The molecule has 1 amide bonds. The summed E-state index contributed by atoms with van der Waals surface area (Å²) in [6.45, 7) is 3.82. The minimum Gasteiger partial charge on any atom is -0.369 e. The minimum atomic E-state index is -0.173. The first-order valence-corrected chi connectivity index (χ1v) is 9.92. The summed E-state index contributed by atoms with van der Waals surface area (Å²) in [4.78, 5) is 14.9. The topological polar surface area (TPSA) is 56.4 Å². The summed E-state index contributed by atoms with van der Waals surface area (Å²) in [5.74, 6) is 1.02. The van der Waals surface area contributed by atoms with Gasteiger partial charge in [-0.2, -0.15) is 0 Å². The van der Waals surface area contributed by atoms with Gasteiger partial charge < -0.3 is 10.2 Å². The maximum Gasteiger partial charge on any atom is 0.239 e. The van der Waals surface area contributed by atoms with Crippen LogP contribution in [0.1, 0.15) is 39.0 Å². The zero-order chi connectivity index (χ0) is 18.1. The molecule has 6 heteroatoms. The van der Waals surface area contributed by atoms with E-state index in [-0.39, 0.29) is 23.8 Å². The van der Waals surface area contributed by atoms with Gasteiger partial charge in [-0.3, -0.25) is 10.2 Å². The molecule has 26 heavy (non-hydrogen) atoms. The molecule has 1 aromatic carbocycles. The highest BCUT2D eigenvalue weighted by atomic mass is 19.1. The highest BCUT2D eigenvalue weighted by molar-refractivity contribution is 5.82. The third-order valence-corrected chi connectivity index (χ3v) is 6.33. The summed E-state index contributed by atoms with van der Waals surface area (Å²) in [5.41, 5.74) is 7.21. The molecule has 3 fully saturated rings. The highest BCUT2D eigenvalue weighted by Gasteiger charge is 2.43. The Morgan fingerprint density at radius 3 is 2.69 bits per heavy atom. The van der Waals surface area contributed by atoms with E-state index in [4.69, 9.17) is 0 Å². The largest absolute Gasteiger partial charge is 0.369 e. The van der Waals surface area contributed by atoms with E-state index in [0.29, 0.717) is 23.6 Å². The van der Waals surface area contributed by atoms with Crippen LogP contribution in [0.2, 0.25) is 0 Å². The third-order valence-electron chi connectivity index (χ3n) is 6.33. The van der Waals surface area contributed by atoms with E-state index in [1.807, 2.05) is 12.1 Å². The lowest BCUT2D eigenvalue weighted by Gasteiger charge is -2.35. The van der Waals surface area contributed by atoms with E-state index in [1.54, 1.807) is 6.07 Å². The summed E-state index contributed by atoms with van der Waals surface area (Å²) in [5, 5.41) is 3.23. The minimum absolute atomic E-state index is 0.114. The number of carbonyl (C=O) groups excluding carboxylic acids is 1. The molecule has 1 aromatic rings. The van der Waals surface area contributed by atoms with Gasteiger partial charge in [-0.25, -0.2) is 9.82 Å². The van der Waals surface area contributed by atoms with Crippen molar-refractivity contribution in [2.45, 2.75) is 57.2 Å². The number of halogens is 1. The van der Waals surface area contributed by atoms with Crippen LogP contribution >= 0.6 is 0 Å². The van der Waals surface area contributed by atoms with E-state index in [2.05, 4.69) is 28.0 Å². The summed E-state index contributed by atoms with van der Waals surface area (Å²) in [6.07, 6.45) is 5.19. The second-order valence-corrected chi connectivity index (χ2v) is 8.18. The fourth-order valence-corrected chi connectivity index (χ4v) is 4.80. The van der Waals surface area contributed by atoms with Crippen LogP contribution in [0, 0.1) is 17.7 Å². The second-order valence-electron chi connectivity index (χ2n) is 8.18. The SMILES string of the molecule is CC1CCC2NNC(C(=O)NC3CCN(c4ccccc4F)CC3)C2C1. The molecule has 0 spiro atoms. The number of anilines is 1. The van der Waals surface area contributed by atoms with E-state index >= 15 is 0 Å². The summed E-state index contributed by atoms with van der Waals surface area (Å²) in [6, 6.07) is 7.38. The number of carbonyl (C=O) groups is 1. The van der Waals surface area contributed by atoms with Crippen molar-refractivity contribution >= 4 is 11.6 Å². The zero-order valence-corrected chi connectivity index (χ0v) is 15.4. The Bertz CT molecular complexity index is 646. The van der Waals surface area contributed by atoms with Gasteiger partial charge in [0.15, 0.2) is 0 Å². The molecule has 142 valence electrons. The van der Waals surface area contributed by atoms with Crippen LogP contribution in [-0.4, -0.2) is 37.1 Å². The first-order chi connectivity index (χ1) is 12.6. The average Bonchev–Trinajstić information content (AvgIpc) is 3.06. The number of para-hydroxylation sites is 1. The van der Waals surface area contributed by atoms with Crippen molar-refractivity contribution in [1.82, 2.24) is 16.2 Å². The normalized spacial score (nSPS) is 32.3. The molecule has 5 nitrogen and oxygen atoms in total. The highest BCUT2D eigenvalue weighted by Crippen LogP contribution is 2.34. The summed E-state index contributed by atoms with van der Waals surface area (Å²) >= 11 is 0. The molecule has 4 rings (SSSR count). The van der Waals surface area contributed by atoms with Crippen LogP contribution in [0.5, 0.6) is 0 Å². The van der Waals surface area contributed by atoms with E-state index in [0.717, 1.165) is 38.8 Å². The van der Waals surface area contributed by atoms with Gasteiger partial charge in [0.1, 0.15) is 11.9 Å². The van der Waals surface area contributed by atoms with E-state index in [1.165, 1.54) is 12.5 Å². The molecule has 0 radical (unpaired) electrons. The number of nitrogens with one attached hydrogen (secondary N) is 3. The maximum absolute atomic E-state index is 13.9. The Hall–Kier alpha value is -1.66. The van der Waals surface area contributed by atoms with Crippen LogP contribution in [0.25, 0.3) is 0 Å².